The van der Waals surface area contributed by atoms with E-state index in [-0.39, 0.29) is 11.2 Å². The van der Waals surface area contributed by atoms with E-state index in [1.54, 1.807) is 6.20 Å². The highest BCUT2D eigenvalue weighted by Crippen LogP contribution is 2.19. The second kappa shape index (κ2) is 5.61. The van der Waals surface area contributed by atoms with Crippen LogP contribution in [-0.2, 0) is 4.74 Å². The third-order valence-electron chi connectivity index (χ3n) is 3.04. The van der Waals surface area contributed by atoms with Gasteiger partial charge >= 0.3 is 5.97 Å². The highest BCUT2D eigenvalue weighted by Gasteiger charge is 2.19. The van der Waals surface area contributed by atoms with Gasteiger partial charge in [0.25, 0.3) is 0 Å². The molecule has 1 aromatic heterocycles. The Morgan fingerprint density at radius 3 is 2.41 bits per heavy atom. The second-order valence-electron chi connectivity index (χ2n) is 4.17. The quantitative estimate of drug-likeness (QED) is 0.796. The maximum atomic E-state index is 11.2. The van der Waals surface area contributed by atoms with Crippen molar-refractivity contribution in [1.29, 1.82) is 0 Å². The van der Waals surface area contributed by atoms with Crippen molar-refractivity contribution in [3.05, 3.63) is 18.1 Å². The van der Waals surface area contributed by atoms with E-state index < -0.39 is 5.97 Å². The number of nitrogens with one attached hydrogen (secondary N) is 1. The fourth-order valence-electron chi connectivity index (χ4n) is 1.34. The Bertz CT molecular complexity index is 372. The van der Waals surface area contributed by atoms with Crippen molar-refractivity contribution in [3.8, 4) is 0 Å². The first-order valence-electron chi connectivity index (χ1n) is 5.73. The lowest BCUT2D eigenvalue weighted by Gasteiger charge is -2.28. The number of hydrogen-bond donors (Lipinski definition) is 1. The fraction of sp³-hybridized carbons (Fsp3) is 0.583. The van der Waals surface area contributed by atoms with Crippen molar-refractivity contribution in [2.75, 3.05) is 12.4 Å². The van der Waals surface area contributed by atoms with Crippen LogP contribution in [0.4, 0.5) is 5.82 Å². The summed E-state index contributed by atoms with van der Waals surface area (Å²) >= 11 is 0. The minimum absolute atomic E-state index is 0.00145. The second-order valence-corrected chi connectivity index (χ2v) is 4.17. The number of aromatic nitrogens is 2. The molecule has 0 unspecified atom stereocenters. The molecule has 0 aliphatic rings. The van der Waals surface area contributed by atoms with Gasteiger partial charge in [-0.3, -0.25) is 0 Å². The highest BCUT2D eigenvalue weighted by molar-refractivity contribution is 5.86. The number of nitrogens with zero attached hydrogens (tertiary/aromatic N) is 2. The average molecular weight is 237 g/mol. The summed E-state index contributed by atoms with van der Waals surface area (Å²) < 4.78 is 4.56. The molecule has 0 atom stereocenters. The highest BCUT2D eigenvalue weighted by atomic mass is 16.5. The van der Waals surface area contributed by atoms with Gasteiger partial charge < -0.3 is 10.1 Å². The van der Waals surface area contributed by atoms with Crippen molar-refractivity contribution in [3.63, 3.8) is 0 Å². The van der Waals surface area contributed by atoms with E-state index in [1.165, 1.54) is 13.3 Å². The maximum absolute atomic E-state index is 11.2. The smallest absolute Gasteiger partial charge is 0.358 e. The van der Waals surface area contributed by atoms with Gasteiger partial charge in [-0.15, -0.1) is 0 Å². The van der Waals surface area contributed by atoms with Gasteiger partial charge in [0.1, 0.15) is 5.82 Å². The largest absolute Gasteiger partial charge is 0.464 e. The number of hydrogen-bond acceptors (Lipinski definition) is 5. The van der Waals surface area contributed by atoms with E-state index in [9.17, 15) is 4.79 Å². The lowest BCUT2D eigenvalue weighted by Crippen LogP contribution is -2.33. The molecule has 0 amide bonds. The third kappa shape index (κ3) is 3.41. The van der Waals surface area contributed by atoms with Crippen LogP contribution in [-0.4, -0.2) is 28.6 Å². The van der Waals surface area contributed by atoms with Crippen molar-refractivity contribution in [1.82, 2.24) is 9.97 Å². The van der Waals surface area contributed by atoms with Gasteiger partial charge in [-0.2, -0.15) is 0 Å². The predicted octanol–water partition coefficient (Wildman–Crippen LogP) is 2.25. The Balaban J connectivity index is 2.78. The topological polar surface area (TPSA) is 64.1 Å². The van der Waals surface area contributed by atoms with Gasteiger partial charge in [0.2, 0.25) is 0 Å². The summed E-state index contributed by atoms with van der Waals surface area (Å²) in [5.74, 6) is 0.196. The first kappa shape index (κ1) is 13.4. The SMILES string of the molecule is CCC(C)(CC)Nc1cnc(C(=O)OC)cn1. The number of carbonyl (C=O) groups is 1. The Morgan fingerprint density at radius 2 is 2.00 bits per heavy atom. The van der Waals surface area contributed by atoms with E-state index in [0.717, 1.165) is 12.8 Å². The molecule has 1 heterocycles. The van der Waals surface area contributed by atoms with Gasteiger partial charge in [-0.05, 0) is 19.8 Å². The van der Waals surface area contributed by atoms with Gasteiger partial charge in [0.15, 0.2) is 5.69 Å². The molecule has 94 valence electrons. The zero-order valence-electron chi connectivity index (χ0n) is 10.8. The lowest BCUT2D eigenvalue weighted by molar-refractivity contribution is 0.0593. The molecule has 0 aromatic carbocycles. The van der Waals surface area contributed by atoms with Crippen LogP contribution < -0.4 is 5.32 Å². The predicted molar refractivity (Wildman–Crippen MR) is 66.0 cm³/mol. The number of ether oxygens (including phenoxy) is 1. The van der Waals surface area contributed by atoms with Crippen LogP contribution in [0.15, 0.2) is 12.4 Å². The minimum atomic E-state index is -0.474. The molecule has 0 radical (unpaired) electrons. The third-order valence-corrected chi connectivity index (χ3v) is 3.04. The molecular weight excluding hydrogens is 218 g/mol. The van der Waals surface area contributed by atoms with Crippen LogP contribution in [0.25, 0.3) is 0 Å². The summed E-state index contributed by atoms with van der Waals surface area (Å²) in [7, 11) is 1.32. The Kier molecular flexibility index (Phi) is 4.43. The first-order valence-corrected chi connectivity index (χ1v) is 5.73. The molecular formula is C12H19N3O2. The number of rotatable bonds is 5. The van der Waals surface area contributed by atoms with Crippen molar-refractivity contribution in [2.45, 2.75) is 39.2 Å². The fourth-order valence-corrected chi connectivity index (χ4v) is 1.34. The number of anilines is 1. The Hall–Kier alpha value is -1.65. The van der Waals surface area contributed by atoms with Crippen LogP contribution in [0.2, 0.25) is 0 Å². The summed E-state index contributed by atoms with van der Waals surface area (Å²) in [6.45, 7) is 6.36. The summed E-state index contributed by atoms with van der Waals surface area (Å²) in [5, 5.41) is 3.31. The molecule has 5 heteroatoms. The molecule has 0 aliphatic carbocycles. The van der Waals surface area contributed by atoms with Crippen molar-refractivity contribution < 1.29 is 9.53 Å². The van der Waals surface area contributed by atoms with E-state index in [1.807, 2.05) is 0 Å². The number of esters is 1. The lowest BCUT2D eigenvalue weighted by atomic mass is 9.96. The summed E-state index contributed by atoms with van der Waals surface area (Å²) in [4.78, 5) is 19.3. The van der Waals surface area contributed by atoms with Gasteiger partial charge in [0, 0.05) is 5.54 Å². The normalized spacial score (nSPS) is 11.1. The van der Waals surface area contributed by atoms with Crippen LogP contribution in [0.1, 0.15) is 44.1 Å². The summed E-state index contributed by atoms with van der Waals surface area (Å²) in [6.07, 6.45) is 4.95. The van der Waals surface area contributed by atoms with E-state index >= 15 is 0 Å². The molecule has 5 nitrogen and oxygen atoms in total. The Morgan fingerprint density at radius 1 is 1.35 bits per heavy atom. The first-order chi connectivity index (χ1) is 8.04. The summed E-state index contributed by atoms with van der Waals surface area (Å²) in [5.41, 5.74) is 0.217. The molecule has 1 aromatic rings. The number of methoxy groups -OCH3 is 1. The molecule has 17 heavy (non-hydrogen) atoms. The van der Waals surface area contributed by atoms with Gasteiger partial charge in [-0.1, -0.05) is 13.8 Å². The molecule has 0 saturated heterocycles. The van der Waals surface area contributed by atoms with Crippen LogP contribution >= 0.6 is 0 Å². The molecule has 1 N–H and O–H groups in total. The van der Waals surface area contributed by atoms with E-state index in [0.29, 0.717) is 5.82 Å². The van der Waals surface area contributed by atoms with Crippen LogP contribution in [0, 0.1) is 0 Å². The van der Waals surface area contributed by atoms with Gasteiger partial charge in [0.05, 0.1) is 19.5 Å². The molecule has 1 rings (SSSR count). The molecule has 0 aliphatic heterocycles. The zero-order valence-corrected chi connectivity index (χ0v) is 10.8. The average Bonchev–Trinajstić information content (AvgIpc) is 2.38. The minimum Gasteiger partial charge on any atom is -0.464 e. The van der Waals surface area contributed by atoms with Crippen molar-refractivity contribution >= 4 is 11.8 Å². The van der Waals surface area contributed by atoms with Gasteiger partial charge in [-0.25, -0.2) is 14.8 Å². The van der Waals surface area contributed by atoms with E-state index in [2.05, 4.69) is 40.8 Å². The Labute approximate surface area is 102 Å². The van der Waals surface area contributed by atoms with Crippen LogP contribution in [0.5, 0.6) is 0 Å². The number of carbonyl (C=O) groups excluding carboxylic acids is 1. The summed E-state index contributed by atoms with van der Waals surface area (Å²) in [6, 6.07) is 0. The molecule has 0 saturated carbocycles. The maximum Gasteiger partial charge on any atom is 0.358 e. The zero-order chi connectivity index (χ0) is 12.9. The molecule has 0 fully saturated rings. The van der Waals surface area contributed by atoms with Crippen molar-refractivity contribution in [2.24, 2.45) is 0 Å². The molecule has 0 spiro atoms. The standard InChI is InChI=1S/C12H19N3O2/c1-5-12(3,6-2)15-10-8-13-9(7-14-10)11(16)17-4/h7-8H,5-6H2,1-4H3,(H,14,15). The monoisotopic (exact) mass is 237 g/mol. The molecule has 0 bridgehead atoms. The van der Waals surface area contributed by atoms with Crippen LogP contribution in [0.3, 0.4) is 0 Å². The van der Waals surface area contributed by atoms with E-state index in [4.69, 9.17) is 0 Å².